The Bertz CT molecular complexity index is 361. The van der Waals surface area contributed by atoms with Crippen LogP contribution >= 0.6 is 0 Å². The van der Waals surface area contributed by atoms with Crippen molar-refractivity contribution < 1.29 is 4.39 Å². The van der Waals surface area contributed by atoms with Gasteiger partial charge in [-0.3, -0.25) is 0 Å². The van der Waals surface area contributed by atoms with Crippen LogP contribution < -0.4 is 4.90 Å². The van der Waals surface area contributed by atoms with Crippen LogP contribution in [0.1, 0.15) is 32.8 Å². The zero-order chi connectivity index (χ0) is 11.1. The Morgan fingerprint density at radius 3 is 2.27 bits per heavy atom. The fourth-order valence-corrected chi connectivity index (χ4v) is 1.88. The van der Waals surface area contributed by atoms with Crippen molar-refractivity contribution in [2.45, 2.75) is 32.6 Å². The van der Waals surface area contributed by atoms with E-state index >= 15 is 0 Å². The molecule has 0 atom stereocenters. The summed E-state index contributed by atoms with van der Waals surface area (Å²) in [7, 11) is 0. The molecule has 0 radical (unpaired) electrons. The molecular weight excluding hydrogens is 189 g/mol. The second-order valence-electron chi connectivity index (χ2n) is 5.25. The Kier molecular flexibility index (Phi) is 2.45. The SMILES string of the molecule is CC(C)(C)c1ccc(N2CCC2)cc1F. The fraction of sp³-hybridized carbons (Fsp3) is 0.538. The molecule has 82 valence electrons. The van der Waals surface area contributed by atoms with Crippen LogP contribution in [0.3, 0.4) is 0 Å². The standard InChI is InChI=1S/C13H18FN/c1-13(2,3)11-6-5-10(9-12(11)14)15-7-4-8-15/h5-6,9H,4,7-8H2,1-3H3. The lowest BCUT2D eigenvalue weighted by molar-refractivity contribution is 0.521. The van der Waals surface area contributed by atoms with Crippen LogP contribution in [0.15, 0.2) is 18.2 Å². The molecule has 1 aromatic carbocycles. The smallest absolute Gasteiger partial charge is 0.128 e. The number of nitrogens with zero attached hydrogens (tertiary/aromatic N) is 1. The lowest BCUT2D eigenvalue weighted by Crippen LogP contribution is -2.37. The van der Waals surface area contributed by atoms with Crippen LogP contribution in [0.2, 0.25) is 0 Å². The van der Waals surface area contributed by atoms with Gasteiger partial charge < -0.3 is 4.90 Å². The predicted molar refractivity (Wildman–Crippen MR) is 61.9 cm³/mol. The summed E-state index contributed by atoms with van der Waals surface area (Å²) in [6, 6.07) is 5.62. The van der Waals surface area contributed by atoms with E-state index in [1.807, 2.05) is 32.9 Å². The number of hydrogen-bond donors (Lipinski definition) is 0. The van der Waals surface area contributed by atoms with Crippen molar-refractivity contribution in [3.8, 4) is 0 Å². The third-order valence-electron chi connectivity index (χ3n) is 2.98. The molecule has 15 heavy (non-hydrogen) atoms. The minimum atomic E-state index is -0.114. The molecule has 0 N–H and O–H groups in total. The number of benzene rings is 1. The van der Waals surface area contributed by atoms with E-state index in [0.717, 1.165) is 24.3 Å². The second-order valence-corrected chi connectivity index (χ2v) is 5.25. The molecule has 0 aromatic heterocycles. The molecule has 0 amide bonds. The fourth-order valence-electron chi connectivity index (χ4n) is 1.88. The monoisotopic (exact) mass is 207 g/mol. The van der Waals surface area contributed by atoms with E-state index in [0.29, 0.717) is 0 Å². The lowest BCUT2D eigenvalue weighted by Gasteiger charge is -2.33. The number of hydrogen-bond acceptors (Lipinski definition) is 1. The van der Waals surface area contributed by atoms with Gasteiger partial charge in [-0.1, -0.05) is 26.8 Å². The van der Waals surface area contributed by atoms with Gasteiger partial charge in [-0.15, -0.1) is 0 Å². The van der Waals surface area contributed by atoms with Crippen molar-refractivity contribution >= 4 is 5.69 Å². The molecule has 1 heterocycles. The molecule has 2 heteroatoms. The van der Waals surface area contributed by atoms with Gasteiger partial charge >= 0.3 is 0 Å². The van der Waals surface area contributed by atoms with Crippen LogP contribution in [0, 0.1) is 5.82 Å². The molecule has 1 aliphatic rings. The molecule has 0 aliphatic carbocycles. The van der Waals surface area contributed by atoms with E-state index < -0.39 is 0 Å². The first kappa shape index (κ1) is 10.5. The predicted octanol–water partition coefficient (Wildman–Crippen LogP) is 3.33. The third-order valence-corrected chi connectivity index (χ3v) is 2.98. The maximum Gasteiger partial charge on any atom is 0.128 e. The summed E-state index contributed by atoms with van der Waals surface area (Å²) in [4.78, 5) is 2.20. The van der Waals surface area contributed by atoms with Gasteiger partial charge in [-0.05, 0) is 29.5 Å². The summed E-state index contributed by atoms with van der Waals surface area (Å²) in [5, 5.41) is 0. The molecule has 0 bridgehead atoms. The van der Waals surface area contributed by atoms with E-state index in [9.17, 15) is 4.39 Å². The highest BCUT2D eigenvalue weighted by Crippen LogP contribution is 2.29. The molecule has 1 saturated heterocycles. The molecule has 1 aromatic rings. The topological polar surface area (TPSA) is 3.24 Å². The zero-order valence-electron chi connectivity index (χ0n) is 9.68. The van der Waals surface area contributed by atoms with Crippen LogP contribution in [0.4, 0.5) is 10.1 Å². The summed E-state index contributed by atoms with van der Waals surface area (Å²) in [6.45, 7) is 8.24. The quantitative estimate of drug-likeness (QED) is 0.682. The van der Waals surface area contributed by atoms with Crippen molar-refractivity contribution in [3.63, 3.8) is 0 Å². The van der Waals surface area contributed by atoms with Gasteiger partial charge in [-0.25, -0.2) is 4.39 Å². The Balaban J connectivity index is 2.30. The first-order valence-electron chi connectivity index (χ1n) is 5.53. The molecule has 0 unspecified atom stereocenters. The minimum absolute atomic E-state index is 0.0769. The van der Waals surface area contributed by atoms with E-state index in [4.69, 9.17) is 0 Å². The molecule has 0 saturated carbocycles. The Morgan fingerprint density at radius 2 is 1.87 bits per heavy atom. The number of halogens is 1. The summed E-state index contributed by atoms with van der Waals surface area (Å²) in [6.07, 6.45) is 1.22. The van der Waals surface area contributed by atoms with Crippen LogP contribution in [-0.4, -0.2) is 13.1 Å². The summed E-state index contributed by atoms with van der Waals surface area (Å²) >= 11 is 0. The van der Waals surface area contributed by atoms with Gasteiger partial charge in [0.05, 0.1) is 0 Å². The minimum Gasteiger partial charge on any atom is -0.371 e. The molecular formula is C13H18FN. The Morgan fingerprint density at radius 1 is 1.20 bits per heavy atom. The van der Waals surface area contributed by atoms with Crippen molar-refractivity contribution in [2.24, 2.45) is 0 Å². The molecule has 1 aliphatic heterocycles. The van der Waals surface area contributed by atoms with Crippen molar-refractivity contribution in [1.29, 1.82) is 0 Å². The van der Waals surface area contributed by atoms with E-state index in [1.54, 1.807) is 6.07 Å². The first-order chi connectivity index (χ1) is 6.98. The average molecular weight is 207 g/mol. The molecule has 0 spiro atoms. The molecule has 2 rings (SSSR count). The van der Waals surface area contributed by atoms with Gasteiger partial charge in [0.15, 0.2) is 0 Å². The van der Waals surface area contributed by atoms with Crippen molar-refractivity contribution in [3.05, 3.63) is 29.6 Å². The Hall–Kier alpha value is -1.05. The van der Waals surface area contributed by atoms with Gasteiger partial charge in [0.2, 0.25) is 0 Å². The highest BCUT2D eigenvalue weighted by Gasteiger charge is 2.21. The zero-order valence-corrected chi connectivity index (χ0v) is 9.68. The maximum absolute atomic E-state index is 13.8. The van der Waals surface area contributed by atoms with Gasteiger partial charge in [0, 0.05) is 18.8 Å². The van der Waals surface area contributed by atoms with Gasteiger partial charge in [-0.2, -0.15) is 0 Å². The van der Waals surface area contributed by atoms with E-state index in [1.165, 1.54) is 6.42 Å². The highest BCUT2D eigenvalue weighted by atomic mass is 19.1. The largest absolute Gasteiger partial charge is 0.371 e. The van der Waals surface area contributed by atoms with Crippen LogP contribution in [-0.2, 0) is 5.41 Å². The van der Waals surface area contributed by atoms with Gasteiger partial charge in [0.25, 0.3) is 0 Å². The number of rotatable bonds is 1. The Labute approximate surface area is 90.9 Å². The van der Waals surface area contributed by atoms with Crippen molar-refractivity contribution in [1.82, 2.24) is 0 Å². The summed E-state index contributed by atoms with van der Waals surface area (Å²) in [5.74, 6) is -0.0769. The van der Waals surface area contributed by atoms with Gasteiger partial charge in [0.1, 0.15) is 5.82 Å². The van der Waals surface area contributed by atoms with E-state index in [-0.39, 0.29) is 11.2 Å². The lowest BCUT2D eigenvalue weighted by atomic mass is 9.86. The van der Waals surface area contributed by atoms with E-state index in [2.05, 4.69) is 4.90 Å². The van der Waals surface area contributed by atoms with Crippen molar-refractivity contribution in [2.75, 3.05) is 18.0 Å². The summed E-state index contributed by atoms with van der Waals surface area (Å²) in [5.41, 5.74) is 1.70. The average Bonchev–Trinajstić information content (AvgIpc) is 1.97. The third kappa shape index (κ3) is 1.99. The highest BCUT2D eigenvalue weighted by molar-refractivity contribution is 5.50. The number of anilines is 1. The molecule has 1 fully saturated rings. The molecule has 1 nitrogen and oxygen atoms in total. The normalized spacial score (nSPS) is 16.4. The summed E-state index contributed by atoms with van der Waals surface area (Å²) < 4.78 is 13.8. The first-order valence-corrected chi connectivity index (χ1v) is 5.53. The van der Waals surface area contributed by atoms with Crippen LogP contribution in [0.5, 0.6) is 0 Å². The second kappa shape index (κ2) is 3.51. The van der Waals surface area contributed by atoms with Crippen LogP contribution in [0.25, 0.3) is 0 Å². The maximum atomic E-state index is 13.8.